The molecule has 0 saturated carbocycles. The van der Waals surface area contributed by atoms with E-state index in [1.165, 1.54) is 20.0 Å². The Kier molecular flexibility index (Phi) is 5.67. The van der Waals surface area contributed by atoms with Gasteiger partial charge in [0, 0.05) is 24.1 Å². The Labute approximate surface area is 163 Å². The van der Waals surface area contributed by atoms with E-state index < -0.39 is 36.2 Å². The average Bonchev–Trinajstić information content (AvgIpc) is 2.68. The van der Waals surface area contributed by atoms with E-state index in [0.717, 1.165) is 10.7 Å². The van der Waals surface area contributed by atoms with Crippen LogP contribution in [0.3, 0.4) is 0 Å². The Hall–Kier alpha value is -3.62. The van der Waals surface area contributed by atoms with E-state index in [2.05, 4.69) is 10.4 Å². The zero-order chi connectivity index (χ0) is 21.1. The third-order valence-electron chi connectivity index (χ3n) is 4.29. The minimum absolute atomic E-state index is 0.0943. The quantitative estimate of drug-likeness (QED) is 0.663. The molecule has 1 heterocycles. The van der Waals surface area contributed by atoms with Gasteiger partial charge in [0.25, 0.3) is 11.5 Å². The van der Waals surface area contributed by atoms with Crippen LogP contribution >= 0.6 is 0 Å². The van der Waals surface area contributed by atoms with Crippen LogP contribution in [0.4, 0.5) is 8.78 Å². The number of ether oxygens (including phenoxy) is 1. The minimum Gasteiger partial charge on any atom is -0.451 e. The van der Waals surface area contributed by atoms with Gasteiger partial charge in [-0.05, 0) is 19.1 Å². The Balaban J connectivity index is 1.69. The number of hydrogen-bond acceptors (Lipinski definition) is 5. The predicted molar refractivity (Wildman–Crippen MR) is 100 cm³/mol. The molecule has 0 spiro atoms. The highest BCUT2D eigenvalue weighted by atomic mass is 19.1. The first kappa shape index (κ1) is 20.1. The maximum absolute atomic E-state index is 13.8. The molecule has 0 aliphatic carbocycles. The highest BCUT2D eigenvalue weighted by Gasteiger charge is 2.19. The number of amides is 1. The third kappa shape index (κ3) is 4.29. The van der Waals surface area contributed by atoms with Crippen LogP contribution in [0.5, 0.6) is 0 Å². The van der Waals surface area contributed by atoms with Gasteiger partial charge in [-0.2, -0.15) is 5.10 Å². The zero-order valence-corrected chi connectivity index (χ0v) is 15.6. The Bertz CT molecular complexity index is 1160. The minimum atomic E-state index is -0.882. The van der Waals surface area contributed by atoms with Crippen LogP contribution in [0.1, 0.15) is 29.0 Å². The van der Waals surface area contributed by atoms with Crippen molar-refractivity contribution < 1.29 is 23.1 Å². The number of fused-ring (bicyclic) bond motifs is 1. The fraction of sp³-hybridized carbons (Fsp3) is 0.200. The smallest absolute Gasteiger partial charge is 0.359 e. The highest BCUT2D eigenvalue weighted by Crippen LogP contribution is 2.18. The first-order chi connectivity index (χ1) is 13.8. The van der Waals surface area contributed by atoms with Crippen molar-refractivity contribution in [3.05, 3.63) is 75.7 Å². The van der Waals surface area contributed by atoms with Crippen LogP contribution in [0.25, 0.3) is 10.8 Å². The summed E-state index contributed by atoms with van der Waals surface area (Å²) in [5.41, 5.74) is -0.380. The van der Waals surface area contributed by atoms with Crippen molar-refractivity contribution in [1.82, 2.24) is 15.1 Å². The molecule has 1 N–H and O–H groups in total. The van der Waals surface area contributed by atoms with Crippen LogP contribution in [-0.2, 0) is 16.6 Å². The van der Waals surface area contributed by atoms with Gasteiger partial charge in [0.05, 0.1) is 11.4 Å². The summed E-state index contributed by atoms with van der Waals surface area (Å²) in [5, 5.41) is 6.99. The molecule has 150 valence electrons. The molecular formula is C20H17F2N3O4. The number of nitrogens with one attached hydrogen (secondary N) is 1. The molecule has 3 aromatic rings. The Morgan fingerprint density at radius 3 is 2.55 bits per heavy atom. The van der Waals surface area contributed by atoms with Crippen molar-refractivity contribution in [2.75, 3.05) is 6.61 Å². The summed E-state index contributed by atoms with van der Waals surface area (Å²) >= 11 is 0. The van der Waals surface area contributed by atoms with Gasteiger partial charge in [-0.25, -0.2) is 18.3 Å². The normalized spacial score (nSPS) is 11.9. The number of aromatic nitrogens is 2. The van der Waals surface area contributed by atoms with Crippen LogP contribution < -0.4 is 10.9 Å². The second-order valence-corrected chi connectivity index (χ2v) is 6.35. The van der Waals surface area contributed by atoms with Gasteiger partial charge in [0.15, 0.2) is 12.3 Å². The maximum Gasteiger partial charge on any atom is 0.359 e. The van der Waals surface area contributed by atoms with E-state index in [4.69, 9.17) is 4.74 Å². The topological polar surface area (TPSA) is 90.3 Å². The summed E-state index contributed by atoms with van der Waals surface area (Å²) in [4.78, 5) is 36.6. The molecule has 0 aliphatic rings. The van der Waals surface area contributed by atoms with Gasteiger partial charge < -0.3 is 10.1 Å². The van der Waals surface area contributed by atoms with Crippen molar-refractivity contribution in [1.29, 1.82) is 0 Å². The number of rotatable bonds is 5. The van der Waals surface area contributed by atoms with Crippen LogP contribution in [0.15, 0.2) is 47.3 Å². The molecule has 3 rings (SSSR count). The van der Waals surface area contributed by atoms with E-state index in [-0.39, 0.29) is 16.8 Å². The SMILES string of the molecule is C[C@H](NC(=O)COC(=O)c1nn(C)c(=O)c2ccccc12)c1ccc(F)cc1F. The van der Waals surface area contributed by atoms with Crippen molar-refractivity contribution >= 4 is 22.6 Å². The van der Waals surface area contributed by atoms with Crippen molar-refractivity contribution in [3.63, 3.8) is 0 Å². The van der Waals surface area contributed by atoms with E-state index in [9.17, 15) is 23.2 Å². The third-order valence-corrected chi connectivity index (χ3v) is 4.29. The molecule has 1 aromatic heterocycles. The van der Waals surface area contributed by atoms with Crippen molar-refractivity contribution in [3.8, 4) is 0 Å². The van der Waals surface area contributed by atoms with Gasteiger partial charge in [-0.15, -0.1) is 0 Å². The average molecular weight is 401 g/mol. The Morgan fingerprint density at radius 1 is 1.17 bits per heavy atom. The van der Waals surface area contributed by atoms with Crippen molar-refractivity contribution in [2.24, 2.45) is 7.05 Å². The molecule has 2 aromatic carbocycles. The number of aryl methyl sites for hydroxylation is 1. The largest absolute Gasteiger partial charge is 0.451 e. The van der Waals surface area contributed by atoms with Crippen LogP contribution in [-0.4, -0.2) is 28.3 Å². The van der Waals surface area contributed by atoms with Gasteiger partial charge in [0.1, 0.15) is 11.6 Å². The number of benzene rings is 2. The van der Waals surface area contributed by atoms with Crippen LogP contribution in [0.2, 0.25) is 0 Å². The summed E-state index contributed by atoms with van der Waals surface area (Å²) in [7, 11) is 1.40. The highest BCUT2D eigenvalue weighted by molar-refractivity contribution is 6.02. The number of carbonyl (C=O) groups is 2. The molecule has 9 heteroatoms. The maximum atomic E-state index is 13.8. The number of nitrogens with zero attached hydrogens (tertiary/aromatic N) is 2. The molecule has 0 fully saturated rings. The summed E-state index contributed by atoms with van der Waals surface area (Å²) in [6.45, 7) is 0.878. The fourth-order valence-electron chi connectivity index (χ4n) is 2.86. The lowest BCUT2D eigenvalue weighted by Gasteiger charge is -2.15. The lowest BCUT2D eigenvalue weighted by molar-refractivity contribution is -0.124. The number of esters is 1. The van der Waals surface area contributed by atoms with Crippen molar-refractivity contribution in [2.45, 2.75) is 13.0 Å². The summed E-state index contributed by atoms with van der Waals surface area (Å²) in [6.07, 6.45) is 0. The first-order valence-corrected chi connectivity index (χ1v) is 8.65. The monoisotopic (exact) mass is 401 g/mol. The van der Waals surface area contributed by atoms with E-state index in [1.807, 2.05) is 0 Å². The van der Waals surface area contributed by atoms with E-state index >= 15 is 0 Å². The number of halogens is 2. The van der Waals surface area contributed by atoms with Gasteiger partial charge in [-0.1, -0.05) is 24.3 Å². The summed E-state index contributed by atoms with van der Waals surface area (Å²) in [5.74, 6) is -3.08. The number of hydrogen-bond donors (Lipinski definition) is 1. The first-order valence-electron chi connectivity index (χ1n) is 8.65. The molecule has 1 atom stereocenters. The molecule has 0 aliphatic heterocycles. The molecule has 29 heavy (non-hydrogen) atoms. The zero-order valence-electron chi connectivity index (χ0n) is 15.6. The molecule has 0 radical (unpaired) electrons. The standard InChI is InChI=1S/C20H17F2N3O4/c1-11(13-8-7-12(21)9-16(13)22)23-17(26)10-29-20(28)18-14-5-3-4-6-15(14)19(27)25(2)24-18/h3-9,11H,10H2,1-2H3,(H,23,26)/t11-/m0/s1. The second-order valence-electron chi connectivity index (χ2n) is 6.35. The molecular weight excluding hydrogens is 384 g/mol. The fourth-order valence-corrected chi connectivity index (χ4v) is 2.86. The van der Waals surface area contributed by atoms with E-state index in [1.54, 1.807) is 24.3 Å². The molecule has 0 unspecified atom stereocenters. The van der Waals surface area contributed by atoms with Gasteiger partial charge >= 0.3 is 5.97 Å². The molecule has 0 bridgehead atoms. The lowest BCUT2D eigenvalue weighted by Crippen LogP contribution is -2.32. The molecule has 0 saturated heterocycles. The van der Waals surface area contributed by atoms with Crippen LogP contribution in [0, 0.1) is 11.6 Å². The summed E-state index contributed by atoms with van der Waals surface area (Å²) < 4.78 is 32.8. The second kappa shape index (κ2) is 8.17. The van der Waals surface area contributed by atoms with Gasteiger partial charge in [0.2, 0.25) is 0 Å². The van der Waals surface area contributed by atoms with E-state index in [0.29, 0.717) is 16.8 Å². The lowest BCUT2D eigenvalue weighted by atomic mass is 10.1. The summed E-state index contributed by atoms with van der Waals surface area (Å²) in [6, 6.07) is 8.67. The molecule has 1 amide bonds. The molecule has 7 nitrogen and oxygen atoms in total. The predicted octanol–water partition coefficient (Wildman–Crippen LogP) is 2.25. The van der Waals surface area contributed by atoms with Gasteiger partial charge in [-0.3, -0.25) is 9.59 Å². The number of carbonyl (C=O) groups excluding carboxylic acids is 2. The Morgan fingerprint density at radius 2 is 1.86 bits per heavy atom.